The maximum absolute atomic E-state index is 12.2. The van der Waals surface area contributed by atoms with Crippen LogP contribution in [0.2, 0.25) is 0 Å². The van der Waals surface area contributed by atoms with Gasteiger partial charge in [0.2, 0.25) is 11.8 Å². The lowest BCUT2D eigenvalue weighted by atomic mass is 10.0. The molecule has 0 aromatic heterocycles. The van der Waals surface area contributed by atoms with Gasteiger partial charge in [-0.05, 0) is 44.4 Å². The summed E-state index contributed by atoms with van der Waals surface area (Å²) in [4.78, 5) is 24.4. The second-order valence-electron chi connectivity index (χ2n) is 6.96. The van der Waals surface area contributed by atoms with E-state index in [9.17, 15) is 9.59 Å². The van der Waals surface area contributed by atoms with E-state index in [4.69, 9.17) is 0 Å². The van der Waals surface area contributed by atoms with E-state index < -0.39 is 0 Å². The molecule has 5 heteroatoms. The first-order valence-corrected chi connectivity index (χ1v) is 9.09. The van der Waals surface area contributed by atoms with Crippen LogP contribution >= 0.6 is 0 Å². The van der Waals surface area contributed by atoms with Gasteiger partial charge in [0.15, 0.2) is 0 Å². The molecule has 2 aromatic rings. The summed E-state index contributed by atoms with van der Waals surface area (Å²) in [5, 5.41) is 6.94. The van der Waals surface area contributed by atoms with Gasteiger partial charge in [-0.25, -0.2) is 5.43 Å². The average molecular weight is 365 g/mol. The molecule has 0 radical (unpaired) electrons. The largest absolute Gasteiger partial charge is 0.326 e. The number of anilines is 1. The Kier molecular flexibility index (Phi) is 7.29. The summed E-state index contributed by atoms with van der Waals surface area (Å²) >= 11 is 0. The van der Waals surface area contributed by atoms with Crippen molar-refractivity contribution in [2.45, 2.75) is 40.5 Å². The molecule has 0 saturated carbocycles. The lowest BCUT2D eigenvalue weighted by Gasteiger charge is -2.11. The minimum Gasteiger partial charge on any atom is -0.326 e. The van der Waals surface area contributed by atoms with E-state index in [-0.39, 0.29) is 24.2 Å². The molecule has 1 atom stereocenters. The number of hydrazone groups is 1. The monoisotopic (exact) mass is 365 g/mol. The van der Waals surface area contributed by atoms with Gasteiger partial charge >= 0.3 is 0 Å². The lowest BCUT2D eigenvalue weighted by molar-refractivity contribution is -0.124. The summed E-state index contributed by atoms with van der Waals surface area (Å²) in [6.07, 6.45) is 0.773. The van der Waals surface area contributed by atoms with Crippen LogP contribution in [0.4, 0.5) is 5.69 Å². The Bertz CT molecular complexity index is 829. The van der Waals surface area contributed by atoms with Crippen molar-refractivity contribution in [2.75, 3.05) is 5.32 Å². The van der Waals surface area contributed by atoms with E-state index in [2.05, 4.69) is 15.8 Å². The van der Waals surface area contributed by atoms with Crippen molar-refractivity contribution in [3.63, 3.8) is 0 Å². The Morgan fingerprint density at radius 2 is 1.78 bits per heavy atom. The van der Waals surface area contributed by atoms with Gasteiger partial charge in [-0.1, -0.05) is 55.0 Å². The number of nitrogens with zero attached hydrogens (tertiary/aromatic N) is 1. The normalized spacial score (nSPS) is 12.4. The first-order valence-electron chi connectivity index (χ1n) is 9.09. The summed E-state index contributed by atoms with van der Waals surface area (Å²) < 4.78 is 0. The molecule has 0 aliphatic carbocycles. The number of hydrogen-bond donors (Lipinski definition) is 2. The minimum atomic E-state index is -0.201. The van der Waals surface area contributed by atoms with Crippen LogP contribution in [0, 0.1) is 19.8 Å². The number of amides is 2. The zero-order valence-corrected chi connectivity index (χ0v) is 16.4. The molecular weight excluding hydrogens is 338 g/mol. The Morgan fingerprint density at radius 3 is 2.44 bits per heavy atom. The molecule has 0 aliphatic rings. The van der Waals surface area contributed by atoms with E-state index in [1.54, 1.807) is 6.92 Å². The number of rotatable bonds is 7. The zero-order chi connectivity index (χ0) is 19.8. The van der Waals surface area contributed by atoms with Crippen LogP contribution in [0.1, 0.15) is 37.0 Å². The highest BCUT2D eigenvalue weighted by Crippen LogP contribution is 2.16. The summed E-state index contributed by atoms with van der Waals surface area (Å²) in [5.74, 6) is -0.518. The topological polar surface area (TPSA) is 70.6 Å². The Hall–Kier alpha value is -2.95. The Balaban J connectivity index is 1.83. The second-order valence-corrected chi connectivity index (χ2v) is 6.96. The molecule has 0 fully saturated rings. The lowest BCUT2D eigenvalue weighted by Crippen LogP contribution is -2.27. The predicted octanol–water partition coefficient (Wildman–Crippen LogP) is 4.00. The fourth-order valence-corrected chi connectivity index (χ4v) is 2.74. The molecule has 2 rings (SSSR count). The summed E-state index contributed by atoms with van der Waals surface area (Å²) in [6, 6.07) is 15.7. The van der Waals surface area contributed by atoms with Crippen molar-refractivity contribution >= 4 is 23.2 Å². The molecule has 0 spiro atoms. The third kappa shape index (κ3) is 6.70. The number of carbonyl (C=O) groups excluding carboxylic acids is 2. The van der Waals surface area contributed by atoms with Crippen molar-refractivity contribution in [3.8, 4) is 0 Å². The highest BCUT2D eigenvalue weighted by atomic mass is 16.2. The van der Waals surface area contributed by atoms with Crippen LogP contribution in [0.25, 0.3) is 0 Å². The van der Waals surface area contributed by atoms with Crippen molar-refractivity contribution in [1.29, 1.82) is 0 Å². The molecule has 2 N–H and O–H groups in total. The summed E-state index contributed by atoms with van der Waals surface area (Å²) in [7, 11) is 0. The average Bonchev–Trinajstić information content (AvgIpc) is 2.62. The van der Waals surface area contributed by atoms with Crippen LogP contribution in [0.3, 0.4) is 0 Å². The first kappa shape index (κ1) is 20.4. The second kappa shape index (κ2) is 9.67. The van der Waals surface area contributed by atoms with E-state index >= 15 is 0 Å². The Labute approximate surface area is 160 Å². The quantitative estimate of drug-likeness (QED) is 0.575. The fourth-order valence-electron chi connectivity index (χ4n) is 2.74. The van der Waals surface area contributed by atoms with Crippen molar-refractivity contribution in [1.82, 2.24) is 5.43 Å². The molecule has 0 saturated heterocycles. The molecule has 2 amide bonds. The van der Waals surface area contributed by atoms with Crippen LogP contribution in [0.5, 0.6) is 0 Å². The third-order valence-corrected chi connectivity index (χ3v) is 4.26. The molecular formula is C22H27N3O2. The van der Waals surface area contributed by atoms with Crippen molar-refractivity contribution in [3.05, 3.63) is 65.2 Å². The van der Waals surface area contributed by atoms with E-state index in [1.165, 1.54) is 0 Å². The molecule has 27 heavy (non-hydrogen) atoms. The number of benzene rings is 2. The van der Waals surface area contributed by atoms with Gasteiger partial charge in [-0.2, -0.15) is 5.10 Å². The van der Waals surface area contributed by atoms with Crippen LogP contribution in [0.15, 0.2) is 53.6 Å². The zero-order valence-electron chi connectivity index (χ0n) is 16.4. The maximum atomic E-state index is 12.2. The van der Waals surface area contributed by atoms with E-state index in [0.29, 0.717) is 12.1 Å². The van der Waals surface area contributed by atoms with Crippen LogP contribution in [-0.2, 0) is 16.0 Å². The highest BCUT2D eigenvalue weighted by Gasteiger charge is 2.13. The SMILES string of the molecule is C/C(CC(=O)Nc1ccc(C)cc1C)=N/NC(=O)[C@H](C)Cc1ccccc1. The molecule has 0 bridgehead atoms. The van der Waals surface area contributed by atoms with Gasteiger partial charge in [0, 0.05) is 17.3 Å². The number of nitrogens with one attached hydrogen (secondary N) is 2. The standard InChI is InChI=1S/C22H27N3O2/c1-15-10-11-20(16(2)12-15)23-21(26)14-18(4)24-25-22(27)17(3)13-19-8-6-5-7-9-19/h5-12,17H,13-14H2,1-4H3,(H,23,26)(H,25,27)/b24-18-/t17-/m1/s1. The summed E-state index contributed by atoms with van der Waals surface area (Å²) in [6.45, 7) is 7.55. The van der Waals surface area contributed by atoms with Crippen molar-refractivity contribution < 1.29 is 9.59 Å². The maximum Gasteiger partial charge on any atom is 0.243 e. The van der Waals surface area contributed by atoms with Gasteiger partial charge in [-0.15, -0.1) is 0 Å². The summed E-state index contributed by atoms with van der Waals surface area (Å²) in [5.41, 5.74) is 7.17. The van der Waals surface area contributed by atoms with Gasteiger partial charge < -0.3 is 5.32 Å². The minimum absolute atomic E-state index is 0.126. The van der Waals surface area contributed by atoms with Gasteiger partial charge in [0.25, 0.3) is 0 Å². The third-order valence-electron chi connectivity index (χ3n) is 4.26. The van der Waals surface area contributed by atoms with Crippen molar-refractivity contribution in [2.24, 2.45) is 11.0 Å². The van der Waals surface area contributed by atoms with E-state index in [0.717, 1.165) is 22.4 Å². The first-order chi connectivity index (χ1) is 12.8. The number of aryl methyl sites for hydroxylation is 2. The van der Waals surface area contributed by atoms with Crippen LogP contribution in [-0.4, -0.2) is 17.5 Å². The van der Waals surface area contributed by atoms with Crippen LogP contribution < -0.4 is 10.7 Å². The van der Waals surface area contributed by atoms with Gasteiger partial charge in [0.05, 0.1) is 6.42 Å². The number of carbonyl (C=O) groups is 2. The highest BCUT2D eigenvalue weighted by molar-refractivity contribution is 6.06. The van der Waals surface area contributed by atoms with Gasteiger partial charge in [-0.3, -0.25) is 9.59 Å². The molecule has 0 aliphatic heterocycles. The fraction of sp³-hybridized carbons (Fsp3) is 0.318. The smallest absolute Gasteiger partial charge is 0.243 e. The molecule has 0 heterocycles. The van der Waals surface area contributed by atoms with E-state index in [1.807, 2.05) is 69.3 Å². The number of hydrogen-bond acceptors (Lipinski definition) is 3. The molecule has 5 nitrogen and oxygen atoms in total. The van der Waals surface area contributed by atoms with Gasteiger partial charge in [0.1, 0.15) is 0 Å². The Morgan fingerprint density at radius 1 is 1.07 bits per heavy atom. The molecule has 142 valence electrons. The molecule has 0 unspecified atom stereocenters. The predicted molar refractivity (Wildman–Crippen MR) is 110 cm³/mol. The molecule has 2 aromatic carbocycles.